The summed E-state index contributed by atoms with van der Waals surface area (Å²) >= 11 is 0. The Balaban J connectivity index is 1.59. The fourth-order valence-corrected chi connectivity index (χ4v) is 2.19. The Kier molecular flexibility index (Phi) is 3.83. The molecule has 2 heterocycles. The average Bonchev–Trinajstić information content (AvgIpc) is 2.95. The van der Waals surface area contributed by atoms with Gasteiger partial charge in [-0.15, -0.1) is 0 Å². The zero-order chi connectivity index (χ0) is 13.8. The standard InChI is InChI=1S/C14H17N3O3/c15-11-4-1-5-12(7-11)19-9-13-16-14(17-20-13)10-3-2-6-18-8-10/h1,4-5,7,10H,2-3,6,8-9,15H2. The molecule has 0 radical (unpaired) electrons. The smallest absolute Gasteiger partial charge is 0.264 e. The van der Waals surface area contributed by atoms with Gasteiger partial charge in [-0.25, -0.2) is 0 Å². The topological polar surface area (TPSA) is 83.4 Å². The SMILES string of the molecule is Nc1cccc(OCc2nc(C3CCCOC3)no2)c1. The molecule has 1 saturated heterocycles. The Morgan fingerprint density at radius 1 is 1.40 bits per heavy atom. The third-order valence-electron chi connectivity index (χ3n) is 3.23. The first kappa shape index (κ1) is 12.9. The number of anilines is 1. The lowest BCUT2D eigenvalue weighted by atomic mass is 10.0. The number of hydrogen-bond acceptors (Lipinski definition) is 6. The average molecular weight is 275 g/mol. The van der Waals surface area contributed by atoms with Crippen LogP contribution in [0.3, 0.4) is 0 Å². The molecule has 0 saturated carbocycles. The van der Waals surface area contributed by atoms with Crippen LogP contribution in [0, 0.1) is 0 Å². The number of nitrogens with zero attached hydrogens (tertiary/aromatic N) is 2. The largest absolute Gasteiger partial charge is 0.484 e. The van der Waals surface area contributed by atoms with E-state index in [1.54, 1.807) is 12.1 Å². The van der Waals surface area contributed by atoms with Gasteiger partial charge in [0.25, 0.3) is 5.89 Å². The predicted octanol–water partition coefficient (Wildman–Crippen LogP) is 2.12. The molecule has 2 N–H and O–H groups in total. The van der Waals surface area contributed by atoms with Crippen LogP contribution in [0.15, 0.2) is 28.8 Å². The van der Waals surface area contributed by atoms with Gasteiger partial charge >= 0.3 is 0 Å². The molecule has 0 bridgehead atoms. The highest BCUT2D eigenvalue weighted by Crippen LogP contribution is 2.23. The lowest BCUT2D eigenvalue weighted by Crippen LogP contribution is -2.16. The zero-order valence-corrected chi connectivity index (χ0v) is 11.1. The van der Waals surface area contributed by atoms with Gasteiger partial charge < -0.3 is 19.7 Å². The quantitative estimate of drug-likeness (QED) is 0.860. The fraction of sp³-hybridized carbons (Fsp3) is 0.429. The molecule has 106 valence electrons. The third kappa shape index (κ3) is 3.08. The lowest BCUT2D eigenvalue weighted by Gasteiger charge is -2.18. The molecule has 1 atom stereocenters. The number of nitrogen functional groups attached to an aromatic ring is 1. The number of rotatable bonds is 4. The van der Waals surface area contributed by atoms with Gasteiger partial charge in [0.05, 0.1) is 6.61 Å². The monoisotopic (exact) mass is 275 g/mol. The maximum Gasteiger partial charge on any atom is 0.264 e. The van der Waals surface area contributed by atoms with Crippen LogP contribution in [0.5, 0.6) is 5.75 Å². The van der Waals surface area contributed by atoms with Crippen LogP contribution in [0.4, 0.5) is 5.69 Å². The molecule has 1 aliphatic heterocycles. The number of nitrogens with two attached hydrogens (primary N) is 1. The van der Waals surface area contributed by atoms with Crippen molar-refractivity contribution in [2.45, 2.75) is 25.4 Å². The van der Waals surface area contributed by atoms with Crippen LogP contribution in [-0.4, -0.2) is 23.4 Å². The van der Waals surface area contributed by atoms with Gasteiger partial charge in [0.1, 0.15) is 5.75 Å². The van der Waals surface area contributed by atoms with E-state index >= 15 is 0 Å². The van der Waals surface area contributed by atoms with Gasteiger partial charge in [-0.3, -0.25) is 0 Å². The van der Waals surface area contributed by atoms with Crippen LogP contribution < -0.4 is 10.5 Å². The molecular formula is C14H17N3O3. The maximum atomic E-state index is 5.68. The molecule has 1 aromatic heterocycles. The highest BCUT2D eigenvalue weighted by molar-refractivity contribution is 5.43. The highest BCUT2D eigenvalue weighted by atomic mass is 16.5. The van der Waals surface area contributed by atoms with Crippen molar-refractivity contribution >= 4 is 5.69 Å². The molecule has 2 aromatic rings. The summed E-state index contributed by atoms with van der Waals surface area (Å²) in [6.07, 6.45) is 2.07. The second kappa shape index (κ2) is 5.92. The molecule has 1 aromatic carbocycles. The predicted molar refractivity (Wildman–Crippen MR) is 72.3 cm³/mol. The minimum atomic E-state index is 0.230. The van der Waals surface area contributed by atoms with Gasteiger partial charge in [0, 0.05) is 24.3 Å². The Hall–Kier alpha value is -2.08. The van der Waals surface area contributed by atoms with E-state index in [2.05, 4.69) is 10.1 Å². The van der Waals surface area contributed by atoms with Crippen LogP contribution in [0.1, 0.15) is 30.5 Å². The van der Waals surface area contributed by atoms with Crippen molar-refractivity contribution in [2.75, 3.05) is 18.9 Å². The second-order valence-electron chi connectivity index (χ2n) is 4.82. The van der Waals surface area contributed by atoms with E-state index in [1.165, 1.54) is 0 Å². The summed E-state index contributed by atoms with van der Waals surface area (Å²) in [4.78, 5) is 4.36. The van der Waals surface area contributed by atoms with E-state index in [-0.39, 0.29) is 12.5 Å². The molecule has 3 rings (SSSR count). The Morgan fingerprint density at radius 3 is 3.15 bits per heavy atom. The molecule has 6 heteroatoms. The third-order valence-corrected chi connectivity index (χ3v) is 3.23. The second-order valence-corrected chi connectivity index (χ2v) is 4.82. The summed E-state index contributed by atoms with van der Waals surface area (Å²) in [7, 11) is 0. The number of aromatic nitrogens is 2. The minimum absolute atomic E-state index is 0.230. The fourth-order valence-electron chi connectivity index (χ4n) is 2.19. The van der Waals surface area contributed by atoms with Gasteiger partial charge in [0.2, 0.25) is 0 Å². The van der Waals surface area contributed by atoms with Gasteiger partial charge in [-0.05, 0) is 25.0 Å². The summed E-state index contributed by atoms with van der Waals surface area (Å²) in [6.45, 7) is 1.72. The maximum absolute atomic E-state index is 5.68. The molecule has 20 heavy (non-hydrogen) atoms. The lowest BCUT2D eigenvalue weighted by molar-refractivity contribution is 0.0773. The summed E-state index contributed by atoms with van der Waals surface area (Å²) < 4.78 is 16.2. The highest BCUT2D eigenvalue weighted by Gasteiger charge is 2.21. The van der Waals surface area contributed by atoms with E-state index in [0.29, 0.717) is 29.8 Å². The summed E-state index contributed by atoms with van der Waals surface area (Å²) in [6, 6.07) is 7.24. The molecule has 0 aliphatic carbocycles. The Morgan fingerprint density at radius 2 is 2.35 bits per heavy atom. The number of ether oxygens (including phenoxy) is 2. The molecule has 0 spiro atoms. The zero-order valence-electron chi connectivity index (χ0n) is 11.1. The van der Waals surface area contributed by atoms with Crippen LogP contribution in [-0.2, 0) is 11.3 Å². The van der Waals surface area contributed by atoms with Crippen molar-refractivity contribution in [2.24, 2.45) is 0 Å². The van der Waals surface area contributed by atoms with Gasteiger partial charge in [0.15, 0.2) is 12.4 Å². The molecule has 6 nitrogen and oxygen atoms in total. The van der Waals surface area contributed by atoms with Crippen LogP contribution >= 0.6 is 0 Å². The number of hydrogen-bond donors (Lipinski definition) is 1. The van der Waals surface area contributed by atoms with Crippen LogP contribution in [0.2, 0.25) is 0 Å². The summed E-state index contributed by atoms with van der Waals surface area (Å²) in [5, 5.41) is 4.00. The van der Waals surface area contributed by atoms with Crippen molar-refractivity contribution in [1.82, 2.24) is 10.1 Å². The van der Waals surface area contributed by atoms with E-state index < -0.39 is 0 Å². The molecule has 1 unspecified atom stereocenters. The van der Waals surface area contributed by atoms with Crippen molar-refractivity contribution in [1.29, 1.82) is 0 Å². The van der Waals surface area contributed by atoms with Crippen molar-refractivity contribution in [3.8, 4) is 5.75 Å². The van der Waals surface area contributed by atoms with E-state index in [1.807, 2.05) is 12.1 Å². The molecule has 0 amide bonds. The van der Waals surface area contributed by atoms with Crippen molar-refractivity contribution in [3.05, 3.63) is 36.0 Å². The Labute approximate surface area is 116 Å². The molecule has 1 aliphatic rings. The summed E-state index contributed by atoms with van der Waals surface area (Å²) in [5.74, 6) is 2.09. The van der Waals surface area contributed by atoms with Crippen molar-refractivity contribution < 1.29 is 14.0 Å². The summed E-state index contributed by atoms with van der Waals surface area (Å²) in [5.41, 5.74) is 6.34. The van der Waals surface area contributed by atoms with Crippen LogP contribution in [0.25, 0.3) is 0 Å². The van der Waals surface area contributed by atoms with Gasteiger partial charge in [-0.2, -0.15) is 4.98 Å². The van der Waals surface area contributed by atoms with Crippen molar-refractivity contribution in [3.63, 3.8) is 0 Å². The Bertz CT molecular complexity index is 564. The first-order chi connectivity index (χ1) is 9.81. The van der Waals surface area contributed by atoms with E-state index in [9.17, 15) is 0 Å². The minimum Gasteiger partial charge on any atom is -0.484 e. The number of benzene rings is 1. The van der Waals surface area contributed by atoms with Gasteiger partial charge in [-0.1, -0.05) is 11.2 Å². The first-order valence-corrected chi connectivity index (χ1v) is 6.70. The molecular weight excluding hydrogens is 258 g/mol. The molecule has 1 fully saturated rings. The van der Waals surface area contributed by atoms with E-state index in [4.69, 9.17) is 19.7 Å². The van der Waals surface area contributed by atoms with E-state index in [0.717, 1.165) is 19.4 Å². The normalized spacial score (nSPS) is 18.9. The first-order valence-electron chi connectivity index (χ1n) is 6.70.